The van der Waals surface area contributed by atoms with E-state index >= 15 is 0 Å². The Kier molecular flexibility index (Phi) is 4.68. The van der Waals surface area contributed by atoms with Crippen LogP contribution in [0.3, 0.4) is 0 Å². The second-order valence-corrected chi connectivity index (χ2v) is 5.65. The van der Waals surface area contributed by atoms with Crippen molar-refractivity contribution in [1.82, 2.24) is 9.78 Å². The van der Waals surface area contributed by atoms with E-state index in [2.05, 4.69) is 18.9 Å². The minimum absolute atomic E-state index is 0.108. The summed E-state index contributed by atoms with van der Waals surface area (Å²) in [4.78, 5) is 11.4. The van der Waals surface area contributed by atoms with Crippen molar-refractivity contribution in [1.29, 1.82) is 0 Å². The fourth-order valence-electron chi connectivity index (χ4n) is 2.39. The van der Waals surface area contributed by atoms with Crippen molar-refractivity contribution in [2.75, 3.05) is 0 Å². The van der Waals surface area contributed by atoms with Crippen LogP contribution in [0, 0.1) is 0 Å². The van der Waals surface area contributed by atoms with E-state index < -0.39 is 5.97 Å². The predicted octanol–water partition coefficient (Wildman–Crippen LogP) is 4.30. The number of aryl methyl sites for hydroxylation is 1. The maximum atomic E-state index is 11.4. The van der Waals surface area contributed by atoms with Crippen molar-refractivity contribution < 1.29 is 9.90 Å². The van der Waals surface area contributed by atoms with Gasteiger partial charge in [-0.2, -0.15) is 5.10 Å². The van der Waals surface area contributed by atoms with Gasteiger partial charge in [-0.15, -0.1) is 0 Å². The Hall–Kier alpha value is -1.81. The van der Waals surface area contributed by atoms with Crippen molar-refractivity contribution in [2.24, 2.45) is 0 Å². The molecule has 5 heteroatoms. The molecular weight excluding hydrogens is 288 g/mol. The lowest BCUT2D eigenvalue weighted by molar-refractivity contribution is 0.0696. The van der Waals surface area contributed by atoms with Crippen LogP contribution < -0.4 is 0 Å². The van der Waals surface area contributed by atoms with Crippen LogP contribution in [0.25, 0.3) is 5.69 Å². The molecule has 2 rings (SSSR count). The Morgan fingerprint density at radius 1 is 1.38 bits per heavy atom. The lowest BCUT2D eigenvalue weighted by Crippen LogP contribution is -2.03. The van der Waals surface area contributed by atoms with E-state index in [0.717, 1.165) is 17.7 Å². The average Bonchev–Trinajstić information content (AvgIpc) is 2.76. The number of carboxylic acids is 1. The molecule has 1 N–H and O–H groups in total. The van der Waals surface area contributed by atoms with Gasteiger partial charge >= 0.3 is 5.97 Å². The topological polar surface area (TPSA) is 55.1 Å². The van der Waals surface area contributed by atoms with Crippen LogP contribution >= 0.6 is 11.6 Å². The van der Waals surface area contributed by atoms with Crippen molar-refractivity contribution in [3.05, 3.63) is 46.2 Å². The molecule has 1 aromatic heterocycles. The Morgan fingerprint density at radius 3 is 2.62 bits per heavy atom. The first-order valence-corrected chi connectivity index (χ1v) is 7.45. The molecule has 0 aliphatic carbocycles. The van der Waals surface area contributed by atoms with E-state index in [0.29, 0.717) is 18.0 Å². The molecule has 1 aromatic carbocycles. The zero-order valence-electron chi connectivity index (χ0n) is 12.4. The number of carbonyl (C=O) groups is 1. The first-order chi connectivity index (χ1) is 9.97. The summed E-state index contributed by atoms with van der Waals surface area (Å²) in [6.07, 6.45) is 1.41. The highest BCUT2D eigenvalue weighted by atomic mass is 35.5. The van der Waals surface area contributed by atoms with Gasteiger partial charge in [0.2, 0.25) is 0 Å². The fraction of sp³-hybridized carbons (Fsp3) is 0.375. The van der Waals surface area contributed by atoms with Gasteiger partial charge in [0.25, 0.3) is 0 Å². The highest BCUT2D eigenvalue weighted by molar-refractivity contribution is 6.33. The number of hydrogen-bond acceptors (Lipinski definition) is 2. The van der Waals surface area contributed by atoms with E-state index in [-0.39, 0.29) is 10.7 Å². The monoisotopic (exact) mass is 306 g/mol. The van der Waals surface area contributed by atoms with Crippen molar-refractivity contribution in [3.8, 4) is 5.69 Å². The van der Waals surface area contributed by atoms with Crippen LogP contribution in [-0.2, 0) is 6.42 Å². The second kappa shape index (κ2) is 6.31. The number of halogens is 1. The number of para-hydroxylation sites is 1. The zero-order valence-corrected chi connectivity index (χ0v) is 13.2. The largest absolute Gasteiger partial charge is 0.478 e. The Labute approximate surface area is 129 Å². The first-order valence-electron chi connectivity index (χ1n) is 7.07. The summed E-state index contributed by atoms with van der Waals surface area (Å²) in [5.74, 6) is -0.735. The summed E-state index contributed by atoms with van der Waals surface area (Å²) in [7, 11) is 0. The molecule has 0 saturated heterocycles. The first kappa shape index (κ1) is 15.6. The summed E-state index contributed by atoms with van der Waals surface area (Å²) < 4.78 is 1.55. The number of rotatable bonds is 5. The van der Waals surface area contributed by atoms with E-state index in [4.69, 9.17) is 11.6 Å². The average molecular weight is 307 g/mol. The Balaban J connectivity index is 2.65. The third-order valence-electron chi connectivity index (χ3n) is 3.39. The second-order valence-electron chi connectivity index (χ2n) is 5.29. The van der Waals surface area contributed by atoms with Gasteiger partial charge in [-0.05, 0) is 24.0 Å². The third kappa shape index (κ3) is 2.95. The molecule has 112 valence electrons. The van der Waals surface area contributed by atoms with Crippen molar-refractivity contribution >= 4 is 17.6 Å². The number of hydrogen-bond donors (Lipinski definition) is 1. The lowest BCUT2D eigenvalue weighted by Gasteiger charge is -2.13. The summed E-state index contributed by atoms with van der Waals surface area (Å²) in [6.45, 7) is 6.16. The summed E-state index contributed by atoms with van der Waals surface area (Å²) >= 11 is 6.29. The molecular formula is C16H19ClN2O2. The molecule has 0 bridgehead atoms. The number of carboxylic acid groups (broad SMARTS) is 1. The number of aromatic carboxylic acids is 1. The maximum absolute atomic E-state index is 11.4. The molecule has 21 heavy (non-hydrogen) atoms. The van der Waals surface area contributed by atoms with E-state index in [1.807, 2.05) is 31.2 Å². The van der Waals surface area contributed by atoms with Gasteiger partial charge in [0.05, 0.1) is 11.4 Å². The van der Waals surface area contributed by atoms with Crippen molar-refractivity contribution in [3.63, 3.8) is 0 Å². The van der Waals surface area contributed by atoms with Crippen LogP contribution in [0.1, 0.15) is 54.7 Å². The van der Waals surface area contributed by atoms with E-state index in [9.17, 15) is 9.90 Å². The van der Waals surface area contributed by atoms with Crippen LogP contribution in [-0.4, -0.2) is 20.9 Å². The normalized spacial score (nSPS) is 11.1. The SMILES string of the molecule is CCCc1nn(-c2ccccc2C(C)C)c(Cl)c1C(=O)O. The minimum atomic E-state index is -1.03. The molecule has 1 heterocycles. The van der Waals surface area contributed by atoms with Gasteiger partial charge in [-0.1, -0.05) is 57.0 Å². The Morgan fingerprint density at radius 2 is 2.05 bits per heavy atom. The molecule has 0 aliphatic rings. The van der Waals surface area contributed by atoms with Gasteiger partial charge in [-0.3, -0.25) is 0 Å². The quantitative estimate of drug-likeness (QED) is 0.896. The van der Waals surface area contributed by atoms with E-state index in [1.54, 1.807) is 4.68 Å². The highest BCUT2D eigenvalue weighted by Gasteiger charge is 2.23. The van der Waals surface area contributed by atoms with Gasteiger partial charge in [0.15, 0.2) is 0 Å². The van der Waals surface area contributed by atoms with Gasteiger partial charge < -0.3 is 5.11 Å². The van der Waals surface area contributed by atoms with Crippen LogP contribution in [0.15, 0.2) is 24.3 Å². The van der Waals surface area contributed by atoms with E-state index in [1.165, 1.54) is 0 Å². The molecule has 0 aliphatic heterocycles. The standard InChI is InChI=1S/C16H19ClN2O2/c1-4-7-12-14(16(20)21)15(17)19(18-12)13-9-6-5-8-11(13)10(2)3/h5-6,8-10H,4,7H2,1-3H3,(H,20,21). The van der Waals surface area contributed by atoms with Crippen LogP contribution in [0.4, 0.5) is 0 Å². The summed E-state index contributed by atoms with van der Waals surface area (Å²) in [5.41, 5.74) is 2.56. The van der Waals surface area contributed by atoms with Gasteiger partial charge in [0.1, 0.15) is 10.7 Å². The molecule has 0 radical (unpaired) electrons. The minimum Gasteiger partial charge on any atom is -0.478 e. The molecule has 0 atom stereocenters. The highest BCUT2D eigenvalue weighted by Crippen LogP contribution is 2.29. The summed E-state index contributed by atoms with van der Waals surface area (Å²) in [5, 5.41) is 14.0. The van der Waals surface area contributed by atoms with Crippen LogP contribution in [0.5, 0.6) is 0 Å². The molecule has 0 fully saturated rings. The van der Waals surface area contributed by atoms with Gasteiger partial charge in [0, 0.05) is 0 Å². The molecule has 0 spiro atoms. The number of aromatic nitrogens is 2. The third-order valence-corrected chi connectivity index (χ3v) is 3.74. The van der Waals surface area contributed by atoms with Crippen molar-refractivity contribution in [2.45, 2.75) is 39.5 Å². The maximum Gasteiger partial charge on any atom is 0.340 e. The zero-order chi connectivity index (χ0) is 15.6. The smallest absolute Gasteiger partial charge is 0.340 e. The Bertz CT molecular complexity index is 662. The predicted molar refractivity (Wildman–Crippen MR) is 83.6 cm³/mol. The number of nitrogens with zero attached hydrogens (tertiary/aromatic N) is 2. The molecule has 4 nitrogen and oxygen atoms in total. The summed E-state index contributed by atoms with van der Waals surface area (Å²) in [6, 6.07) is 7.79. The molecule has 2 aromatic rings. The molecule has 0 saturated carbocycles. The van der Waals surface area contributed by atoms with Crippen LogP contribution in [0.2, 0.25) is 5.15 Å². The molecule has 0 amide bonds. The fourth-order valence-corrected chi connectivity index (χ4v) is 2.71. The lowest BCUT2D eigenvalue weighted by atomic mass is 10.0. The number of benzene rings is 1. The van der Waals surface area contributed by atoms with Gasteiger partial charge in [-0.25, -0.2) is 9.48 Å². The molecule has 0 unspecified atom stereocenters.